The number of nitriles is 1. The van der Waals surface area contributed by atoms with Crippen molar-refractivity contribution in [2.75, 3.05) is 7.11 Å². The minimum atomic E-state index is 0.0495. The van der Waals surface area contributed by atoms with Crippen LogP contribution in [0.1, 0.15) is 36.8 Å². The second-order valence-corrected chi connectivity index (χ2v) is 6.67. The average Bonchev–Trinajstić information content (AvgIpc) is 2.74. The normalized spacial score (nSPS) is 30.4. The van der Waals surface area contributed by atoms with Crippen LogP contribution in [0.15, 0.2) is 27.7 Å². The first-order valence-corrected chi connectivity index (χ1v) is 7.77. The first-order valence-electron chi connectivity index (χ1n) is 6.97. The molecule has 4 heteroatoms. The molecule has 2 aliphatic carbocycles. The van der Waals surface area contributed by atoms with E-state index in [0.29, 0.717) is 6.10 Å². The second kappa shape index (κ2) is 5.31. The molecule has 20 heavy (non-hydrogen) atoms. The number of rotatable bonds is 1. The largest absolute Gasteiger partial charge is 0.381 e. The maximum Gasteiger partial charge on any atom is 0.205 e. The molecule has 1 spiro atoms. The van der Waals surface area contributed by atoms with Crippen LogP contribution in [0.4, 0.5) is 0 Å². The first-order chi connectivity index (χ1) is 9.68. The smallest absolute Gasteiger partial charge is 0.205 e. The molecule has 0 unspecified atom stereocenters. The monoisotopic (exact) mass is 332 g/mol. The highest BCUT2D eigenvalue weighted by Gasteiger charge is 2.45. The van der Waals surface area contributed by atoms with E-state index < -0.39 is 0 Å². The van der Waals surface area contributed by atoms with E-state index in [0.717, 1.165) is 47.9 Å². The van der Waals surface area contributed by atoms with Crippen LogP contribution in [0.25, 0.3) is 0 Å². The van der Waals surface area contributed by atoms with Crippen LogP contribution in [-0.2, 0) is 11.2 Å². The zero-order valence-corrected chi connectivity index (χ0v) is 13.1. The fourth-order valence-corrected chi connectivity index (χ4v) is 4.04. The zero-order valence-electron chi connectivity index (χ0n) is 11.5. The van der Waals surface area contributed by atoms with Crippen molar-refractivity contribution in [2.24, 2.45) is 10.4 Å². The van der Waals surface area contributed by atoms with E-state index in [-0.39, 0.29) is 5.41 Å². The molecule has 0 radical (unpaired) electrons. The summed E-state index contributed by atoms with van der Waals surface area (Å²) in [5.74, 6) is 0. The fourth-order valence-electron chi connectivity index (χ4n) is 3.68. The Hall–Kier alpha value is -1.18. The van der Waals surface area contributed by atoms with Gasteiger partial charge in [0.2, 0.25) is 6.19 Å². The van der Waals surface area contributed by atoms with Crippen LogP contribution in [0, 0.1) is 16.9 Å². The predicted molar refractivity (Wildman–Crippen MR) is 81.7 cm³/mol. The van der Waals surface area contributed by atoms with Gasteiger partial charge in [0, 0.05) is 22.6 Å². The summed E-state index contributed by atoms with van der Waals surface area (Å²) < 4.78 is 6.52. The number of nitrogens with zero attached hydrogens (tertiary/aromatic N) is 2. The van der Waals surface area contributed by atoms with Gasteiger partial charge in [-0.15, -0.1) is 0 Å². The van der Waals surface area contributed by atoms with Crippen LogP contribution < -0.4 is 0 Å². The van der Waals surface area contributed by atoms with E-state index in [9.17, 15) is 0 Å². The Bertz CT molecular complexity index is 595. The van der Waals surface area contributed by atoms with Crippen molar-refractivity contribution in [2.45, 2.75) is 38.2 Å². The van der Waals surface area contributed by atoms with Crippen LogP contribution in [-0.4, -0.2) is 18.9 Å². The molecule has 1 fully saturated rings. The Morgan fingerprint density at radius 3 is 2.80 bits per heavy atom. The predicted octanol–water partition coefficient (Wildman–Crippen LogP) is 3.85. The van der Waals surface area contributed by atoms with E-state index in [1.54, 1.807) is 7.11 Å². The molecule has 2 aliphatic rings. The Morgan fingerprint density at radius 2 is 2.15 bits per heavy atom. The van der Waals surface area contributed by atoms with Crippen molar-refractivity contribution >= 4 is 21.6 Å². The van der Waals surface area contributed by atoms with E-state index in [1.807, 2.05) is 6.19 Å². The lowest BCUT2D eigenvalue weighted by Gasteiger charge is -2.36. The quantitative estimate of drug-likeness (QED) is 0.733. The van der Waals surface area contributed by atoms with Gasteiger partial charge in [0.25, 0.3) is 0 Å². The lowest BCUT2D eigenvalue weighted by molar-refractivity contribution is 0.0468. The standard InChI is InChI=1S/C16H17BrN2O/c1-20-13-4-6-16(7-5-13)9-11-2-3-12(17)8-14(11)15(16)19-10-18/h2-3,8,13H,4-7,9H2,1H3/b19-15-. The van der Waals surface area contributed by atoms with Gasteiger partial charge in [-0.1, -0.05) is 22.0 Å². The molecular weight excluding hydrogens is 316 g/mol. The molecule has 0 saturated heterocycles. The van der Waals surface area contributed by atoms with Crippen LogP contribution in [0.5, 0.6) is 0 Å². The summed E-state index contributed by atoms with van der Waals surface area (Å²) >= 11 is 3.52. The van der Waals surface area contributed by atoms with Crippen molar-refractivity contribution in [3.05, 3.63) is 33.8 Å². The number of ether oxygens (including phenoxy) is 1. The molecule has 1 aromatic carbocycles. The summed E-state index contributed by atoms with van der Waals surface area (Å²) in [6.07, 6.45) is 7.59. The first kappa shape index (κ1) is 13.8. The van der Waals surface area contributed by atoms with Crippen LogP contribution in [0.3, 0.4) is 0 Å². The Balaban J connectivity index is 1.99. The number of hydrogen-bond acceptors (Lipinski definition) is 3. The van der Waals surface area contributed by atoms with Crippen LogP contribution >= 0.6 is 15.9 Å². The van der Waals surface area contributed by atoms with Gasteiger partial charge >= 0.3 is 0 Å². The summed E-state index contributed by atoms with van der Waals surface area (Å²) in [5.41, 5.74) is 3.51. The highest BCUT2D eigenvalue weighted by molar-refractivity contribution is 9.10. The summed E-state index contributed by atoms with van der Waals surface area (Å²) in [6.45, 7) is 0. The van der Waals surface area contributed by atoms with Gasteiger partial charge in [0.15, 0.2) is 0 Å². The topological polar surface area (TPSA) is 45.4 Å². The van der Waals surface area contributed by atoms with Crippen LogP contribution in [0.2, 0.25) is 0 Å². The fraction of sp³-hybridized carbons (Fsp3) is 0.500. The van der Waals surface area contributed by atoms with Gasteiger partial charge in [-0.05, 0) is 49.8 Å². The molecule has 1 aromatic rings. The summed E-state index contributed by atoms with van der Waals surface area (Å²) in [6, 6.07) is 6.33. The molecule has 0 amide bonds. The van der Waals surface area contributed by atoms with Crippen molar-refractivity contribution in [3.63, 3.8) is 0 Å². The Labute approximate surface area is 127 Å². The maximum absolute atomic E-state index is 9.06. The Morgan fingerprint density at radius 1 is 1.40 bits per heavy atom. The highest BCUT2D eigenvalue weighted by atomic mass is 79.9. The molecule has 0 N–H and O–H groups in total. The third kappa shape index (κ3) is 2.19. The van der Waals surface area contributed by atoms with Gasteiger partial charge in [0.1, 0.15) is 0 Å². The molecule has 1 saturated carbocycles. The minimum Gasteiger partial charge on any atom is -0.381 e. The number of aliphatic imine (C=N–C) groups is 1. The van der Waals surface area contributed by atoms with E-state index in [4.69, 9.17) is 10.00 Å². The average molecular weight is 333 g/mol. The number of halogens is 1. The number of hydrogen-bond donors (Lipinski definition) is 0. The zero-order chi connectivity index (χ0) is 14.2. The highest BCUT2D eigenvalue weighted by Crippen LogP contribution is 2.48. The van der Waals surface area contributed by atoms with Gasteiger partial charge in [-0.2, -0.15) is 10.3 Å². The molecule has 0 aromatic heterocycles. The van der Waals surface area contributed by atoms with Gasteiger partial charge in [-0.3, -0.25) is 0 Å². The van der Waals surface area contributed by atoms with E-state index >= 15 is 0 Å². The van der Waals surface area contributed by atoms with Crippen molar-refractivity contribution in [1.29, 1.82) is 5.26 Å². The molecular formula is C16H17BrN2O. The van der Waals surface area contributed by atoms with Crippen molar-refractivity contribution in [1.82, 2.24) is 0 Å². The van der Waals surface area contributed by atoms with Gasteiger partial charge < -0.3 is 4.74 Å². The number of methoxy groups -OCH3 is 1. The number of benzene rings is 1. The molecule has 3 nitrogen and oxygen atoms in total. The van der Waals surface area contributed by atoms with Gasteiger partial charge in [-0.25, -0.2) is 0 Å². The third-order valence-electron chi connectivity index (χ3n) is 4.74. The molecule has 0 bridgehead atoms. The third-order valence-corrected chi connectivity index (χ3v) is 5.24. The van der Waals surface area contributed by atoms with Crippen molar-refractivity contribution < 1.29 is 4.74 Å². The summed E-state index contributed by atoms with van der Waals surface area (Å²) in [5, 5.41) is 9.06. The van der Waals surface area contributed by atoms with E-state index in [2.05, 4.69) is 39.1 Å². The molecule has 3 rings (SSSR count). The van der Waals surface area contributed by atoms with Gasteiger partial charge in [0.05, 0.1) is 11.8 Å². The maximum atomic E-state index is 9.06. The lowest BCUT2D eigenvalue weighted by Crippen LogP contribution is -2.35. The SMILES string of the molecule is COC1CCC2(CC1)Cc1ccc(Br)cc1/C2=N/C#N. The van der Waals surface area contributed by atoms with E-state index in [1.165, 1.54) is 5.56 Å². The second-order valence-electron chi connectivity index (χ2n) is 5.75. The molecule has 0 aliphatic heterocycles. The van der Waals surface area contributed by atoms with Crippen molar-refractivity contribution in [3.8, 4) is 6.19 Å². The summed E-state index contributed by atoms with van der Waals surface area (Å²) in [4.78, 5) is 4.19. The lowest BCUT2D eigenvalue weighted by atomic mass is 9.70. The molecule has 0 atom stereocenters. The molecule has 104 valence electrons. The molecule has 0 heterocycles. The number of fused-ring (bicyclic) bond motifs is 1. The minimum absolute atomic E-state index is 0.0495. The summed E-state index contributed by atoms with van der Waals surface area (Å²) in [7, 11) is 1.79. The Kier molecular flexibility index (Phi) is 3.66.